The molecule has 1 aliphatic heterocycles. The number of nitrogens with zero attached hydrogens (tertiary/aromatic N) is 1. The van der Waals surface area contributed by atoms with E-state index in [1.54, 1.807) is 0 Å². The van der Waals surface area contributed by atoms with Gasteiger partial charge in [-0.05, 0) is 0 Å². The molecule has 1 heterocycles. The quantitative estimate of drug-likeness (QED) is 0.505. The Hall–Kier alpha value is 0.140. The highest BCUT2D eigenvalue weighted by Crippen LogP contribution is 2.15. The van der Waals surface area contributed by atoms with Crippen LogP contribution in [0, 0.1) is 0 Å². The third-order valence-electron chi connectivity index (χ3n) is 0.565. The average Bonchev–Trinajstić information content (AvgIpc) is 1.85. The SMILES string of the molecule is O=S1C=C(Cl)N=C1Cl. The summed E-state index contributed by atoms with van der Waals surface area (Å²) in [5, 5.41) is 1.48. The van der Waals surface area contributed by atoms with Gasteiger partial charge < -0.3 is 0 Å². The van der Waals surface area contributed by atoms with Crippen molar-refractivity contribution in [3.8, 4) is 0 Å². The molecule has 0 aliphatic carbocycles. The van der Waals surface area contributed by atoms with E-state index in [0.717, 1.165) is 0 Å². The molecule has 0 bridgehead atoms. The van der Waals surface area contributed by atoms with Gasteiger partial charge in [-0.15, -0.1) is 0 Å². The van der Waals surface area contributed by atoms with Crippen molar-refractivity contribution in [1.82, 2.24) is 0 Å². The summed E-state index contributed by atoms with van der Waals surface area (Å²) in [6.45, 7) is 0. The summed E-state index contributed by atoms with van der Waals surface area (Å²) >= 11 is 10.6. The number of halogens is 2. The van der Waals surface area contributed by atoms with E-state index < -0.39 is 10.8 Å². The van der Waals surface area contributed by atoms with E-state index in [-0.39, 0.29) is 9.66 Å². The fourth-order valence-electron chi connectivity index (χ4n) is 0.292. The maximum atomic E-state index is 10.5. The topological polar surface area (TPSA) is 29.4 Å². The van der Waals surface area contributed by atoms with Crippen molar-refractivity contribution in [3.05, 3.63) is 10.6 Å². The molecule has 1 unspecified atom stereocenters. The zero-order chi connectivity index (χ0) is 6.15. The van der Waals surface area contributed by atoms with Crippen molar-refractivity contribution in [3.63, 3.8) is 0 Å². The molecule has 0 fully saturated rings. The third kappa shape index (κ3) is 1.10. The summed E-state index contributed by atoms with van der Waals surface area (Å²) in [6, 6.07) is 0. The molecule has 2 nitrogen and oxygen atoms in total. The molecule has 0 spiro atoms. The maximum Gasteiger partial charge on any atom is 0.199 e. The number of aliphatic imine (C=N–C) groups is 1. The third-order valence-corrected chi connectivity index (χ3v) is 2.29. The first kappa shape index (κ1) is 6.26. The molecule has 44 valence electrons. The second kappa shape index (κ2) is 2.17. The standard InChI is InChI=1S/C3HCl2NOS/c4-2-1-8(7)3(5)6-2/h1H. The van der Waals surface area contributed by atoms with E-state index in [9.17, 15) is 4.21 Å². The van der Waals surface area contributed by atoms with Crippen molar-refractivity contribution in [1.29, 1.82) is 0 Å². The average molecular weight is 170 g/mol. The van der Waals surface area contributed by atoms with Crippen LogP contribution in [0.25, 0.3) is 0 Å². The lowest BCUT2D eigenvalue weighted by Gasteiger charge is -1.75. The van der Waals surface area contributed by atoms with Crippen LogP contribution < -0.4 is 0 Å². The first-order valence-corrected chi connectivity index (χ1v) is 3.69. The molecule has 0 aromatic rings. The zero-order valence-corrected chi connectivity index (χ0v) is 5.93. The highest BCUT2D eigenvalue weighted by molar-refractivity contribution is 8.06. The highest BCUT2D eigenvalue weighted by Gasteiger charge is 2.11. The van der Waals surface area contributed by atoms with E-state index >= 15 is 0 Å². The van der Waals surface area contributed by atoms with Crippen molar-refractivity contribution in [2.24, 2.45) is 4.99 Å². The van der Waals surface area contributed by atoms with Gasteiger partial charge in [0.2, 0.25) is 0 Å². The molecule has 1 rings (SSSR count). The van der Waals surface area contributed by atoms with Gasteiger partial charge in [0.05, 0.1) is 0 Å². The fraction of sp³-hybridized carbons (Fsp3) is 0. The van der Waals surface area contributed by atoms with Crippen LogP contribution in [0.5, 0.6) is 0 Å². The molecule has 0 saturated heterocycles. The van der Waals surface area contributed by atoms with Crippen LogP contribution >= 0.6 is 23.2 Å². The summed E-state index contributed by atoms with van der Waals surface area (Å²) in [5.74, 6) is 0. The molecule has 1 aliphatic rings. The van der Waals surface area contributed by atoms with Crippen LogP contribution in [-0.4, -0.2) is 8.71 Å². The van der Waals surface area contributed by atoms with Gasteiger partial charge in [0.15, 0.2) is 4.50 Å². The minimum Gasteiger partial charge on any atom is -0.247 e. The maximum absolute atomic E-state index is 10.5. The molecule has 0 radical (unpaired) electrons. The summed E-state index contributed by atoms with van der Waals surface area (Å²) in [6.07, 6.45) is 0. The Balaban J connectivity index is 2.95. The predicted octanol–water partition coefficient (Wildman–Crippen LogP) is 1.38. The minimum atomic E-state index is -1.28. The monoisotopic (exact) mass is 169 g/mol. The molecular weight excluding hydrogens is 169 g/mol. The first-order chi connectivity index (χ1) is 3.70. The van der Waals surface area contributed by atoms with Crippen molar-refractivity contribution in [2.45, 2.75) is 0 Å². The summed E-state index contributed by atoms with van der Waals surface area (Å²) < 4.78 is 10.5. The molecule has 0 amide bonds. The predicted molar refractivity (Wildman–Crippen MR) is 35.4 cm³/mol. The van der Waals surface area contributed by atoms with E-state index in [1.165, 1.54) is 5.41 Å². The van der Waals surface area contributed by atoms with Gasteiger partial charge in [0.25, 0.3) is 0 Å². The zero-order valence-electron chi connectivity index (χ0n) is 3.60. The summed E-state index contributed by atoms with van der Waals surface area (Å²) in [4.78, 5) is 3.48. The van der Waals surface area contributed by atoms with Gasteiger partial charge in [0.1, 0.15) is 16.0 Å². The fourth-order valence-corrected chi connectivity index (χ4v) is 1.45. The Kier molecular flexibility index (Phi) is 1.70. The molecule has 8 heavy (non-hydrogen) atoms. The smallest absolute Gasteiger partial charge is 0.199 e. The molecule has 5 heteroatoms. The van der Waals surface area contributed by atoms with Gasteiger partial charge in [-0.25, -0.2) is 9.20 Å². The van der Waals surface area contributed by atoms with E-state index in [0.29, 0.717) is 0 Å². The second-order valence-corrected chi connectivity index (χ2v) is 3.29. The van der Waals surface area contributed by atoms with Crippen molar-refractivity contribution in [2.75, 3.05) is 0 Å². The Labute approximate surface area is 58.6 Å². The molecule has 0 N–H and O–H groups in total. The van der Waals surface area contributed by atoms with Gasteiger partial charge in [-0.1, -0.05) is 23.2 Å². The highest BCUT2D eigenvalue weighted by atomic mass is 35.5. The molecular formula is C3HCl2NOS. The summed E-state index contributed by atoms with van der Waals surface area (Å²) in [7, 11) is -1.28. The molecule has 0 saturated carbocycles. The van der Waals surface area contributed by atoms with Crippen LogP contribution in [0.2, 0.25) is 0 Å². The van der Waals surface area contributed by atoms with Crippen LogP contribution in [0.1, 0.15) is 0 Å². The lowest BCUT2D eigenvalue weighted by Crippen LogP contribution is -1.87. The van der Waals surface area contributed by atoms with Gasteiger partial charge in [-0.2, -0.15) is 0 Å². The Morgan fingerprint density at radius 2 is 2.25 bits per heavy atom. The lowest BCUT2D eigenvalue weighted by atomic mass is 11.0. The lowest BCUT2D eigenvalue weighted by molar-refractivity contribution is 0.695. The van der Waals surface area contributed by atoms with Crippen LogP contribution in [0.3, 0.4) is 0 Å². The number of hydrogen-bond donors (Lipinski definition) is 0. The van der Waals surface area contributed by atoms with Gasteiger partial charge in [-0.3, -0.25) is 0 Å². The second-order valence-electron chi connectivity index (χ2n) is 1.10. The van der Waals surface area contributed by atoms with Crippen molar-refractivity contribution >= 4 is 38.5 Å². The molecule has 0 aromatic heterocycles. The molecule has 0 aromatic carbocycles. The summed E-state index contributed by atoms with van der Waals surface area (Å²) in [5.41, 5.74) is 0. The Morgan fingerprint density at radius 3 is 2.38 bits per heavy atom. The van der Waals surface area contributed by atoms with E-state index in [4.69, 9.17) is 23.2 Å². The van der Waals surface area contributed by atoms with Crippen LogP contribution in [0.15, 0.2) is 15.6 Å². The van der Waals surface area contributed by atoms with E-state index in [2.05, 4.69) is 4.99 Å². The number of hydrogen-bond acceptors (Lipinski definition) is 2. The first-order valence-electron chi connectivity index (χ1n) is 1.72. The Morgan fingerprint density at radius 1 is 1.62 bits per heavy atom. The van der Waals surface area contributed by atoms with Crippen molar-refractivity contribution < 1.29 is 4.21 Å². The normalized spacial score (nSPS) is 27.5. The molecule has 1 atom stereocenters. The minimum absolute atomic E-state index is 0.0509. The largest absolute Gasteiger partial charge is 0.247 e. The number of rotatable bonds is 0. The van der Waals surface area contributed by atoms with Gasteiger partial charge >= 0.3 is 0 Å². The Bertz CT molecular complexity index is 195. The van der Waals surface area contributed by atoms with Crippen LogP contribution in [0.4, 0.5) is 0 Å². The van der Waals surface area contributed by atoms with Gasteiger partial charge in [0, 0.05) is 5.41 Å². The van der Waals surface area contributed by atoms with E-state index in [1.807, 2.05) is 0 Å². The van der Waals surface area contributed by atoms with Crippen LogP contribution in [-0.2, 0) is 10.8 Å².